The zero-order valence-electron chi connectivity index (χ0n) is 10.6. The van der Waals surface area contributed by atoms with Crippen molar-refractivity contribution < 1.29 is 8.42 Å². The van der Waals surface area contributed by atoms with E-state index in [0.29, 0.717) is 11.4 Å². The van der Waals surface area contributed by atoms with E-state index in [1.54, 1.807) is 19.2 Å². The first-order valence-corrected chi connectivity index (χ1v) is 7.10. The normalized spacial score (nSPS) is 12.4. The quantitative estimate of drug-likeness (QED) is 0.861. The van der Waals surface area contributed by atoms with Crippen molar-refractivity contribution in [3.05, 3.63) is 29.8 Å². The SMILES string of the molecule is CC(C)N(C)S(=O)(=O)c1ccc(CCN)cc1. The molecule has 2 N–H and O–H groups in total. The van der Waals surface area contributed by atoms with Gasteiger partial charge in [0.25, 0.3) is 0 Å². The Balaban J connectivity index is 3.00. The molecule has 4 nitrogen and oxygen atoms in total. The maximum Gasteiger partial charge on any atom is 0.243 e. The van der Waals surface area contributed by atoms with Gasteiger partial charge in [0.05, 0.1) is 4.90 Å². The molecule has 0 atom stereocenters. The molecule has 1 rings (SSSR count). The van der Waals surface area contributed by atoms with Crippen molar-refractivity contribution in [2.45, 2.75) is 31.2 Å². The summed E-state index contributed by atoms with van der Waals surface area (Å²) >= 11 is 0. The zero-order valence-corrected chi connectivity index (χ0v) is 11.4. The first kappa shape index (κ1) is 14.2. The van der Waals surface area contributed by atoms with E-state index in [-0.39, 0.29) is 6.04 Å². The van der Waals surface area contributed by atoms with Crippen LogP contribution in [-0.2, 0) is 16.4 Å². The third-order valence-electron chi connectivity index (χ3n) is 2.76. The minimum Gasteiger partial charge on any atom is -0.330 e. The molecule has 0 saturated carbocycles. The summed E-state index contributed by atoms with van der Waals surface area (Å²) in [6, 6.07) is 6.85. The fourth-order valence-electron chi connectivity index (χ4n) is 1.44. The van der Waals surface area contributed by atoms with Gasteiger partial charge in [-0.05, 0) is 44.5 Å². The minimum absolute atomic E-state index is 0.0521. The molecule has 0 saturated heterocycles. The van der Waals surface area contributed by atoms with E-state index >= 15 is 0 Å². The standard InChI is InChI=1S/C12H20N2O2S/c1-10(2)14(3)17(15,16)12-6-4-11(5-7-12)8-9-13/h4-7,10H,8-9,13H2,1-3H3. The summed E-state index contributed by atoms with van der Waals surface area (Å²) in [5.41, 5.74) is 6.50. The van der Waals surface area contributed by atoms with Gasteiger partial charge in [-0.25, -0.2) is 8.42 Å². The average molecular weight is 256 g/mol. The molecule has 0 amide bonds. The monoisotopic (exact) mass is 256 g/mol. The Morgan fingerprint density at radius 3 is 2.18 bits per heavy atom. The Kier molecular flexibility index (Phi) is 4.68. The van der Waals surface area contributed by atoms with E-state index in [4.69, 9.17) is 5.73 Å². The van der Waals surface area contributed by atoms with Crippen LogP contribution in [0.15, 0.2) is 29.2 Å². The van der Waals surface area contributed by atoms with E-state index in [2.05, 4.69) is 0 Å². The zero-order chi connectivity index (χ0) is 13.1. The molecule has 1 aromatic rings. The summed E-state index contributed by atoms with van der Waals surface area (Å²) in [4.78, 5) is 0.328. The smallest absolute Gasteiger partial charge is 0.243 e. The summed E-state index contributed by atoms with van der Waals surface area (Å²) in [5, 5.41) is 0. The van der Waals surface area contributed by atoms with Crippen LogP contribution in [0.25, 0.3) is 0 Å². The summed E-state index contributed by atoms with van der Waals surface area (Å²) < 4.78 is 25.7. The number of nitrogens with zero attached hydrogens (tertiary/aromatic N) is 1. The fraction of sp³-hybridized carbons (Fsp3) is 0.500. The molecule has 0 aliphatic heterocycles. The second-order valence-corrected chi connectivity index (χ2v) is 6.30. The first-order valence-electron chi connectivity index (χ1n) is 5.66. The molecule has 0 aliphatic rings. The molecule has 0 aliphatic carbocycles. The molecule has 0 unspecified atom stereocenters. The van der Waals surface area contributed by atoms with E-state index in [0.717, 1.165) is 12.0 Å². The summed E-state index contributed by atoms with van der Waals surface area (Å²) in [5.74, 6) is 0. The van der Waals surface area contributed by atoms with Crippen LogP contribution >= 0.6 is 0 Å². The summed E-state index contributed by atoms with van der Waals surface area (Å²) in [6.07, 6.45) is 0.764. The predicted octanol–water partition coefficient (Wildman–Crippen LogP) is 1.22. The van der Waals surface area contributed by atoms with Crippen LogP contribution in [-0.4, -0.2) is 32.4 Å². The Morgan fingerprint density at radius 1 is 1.24 bits per heavy atom. The molecule has 0 radical (unpaired) electrons. The van der Waals surface area contributed by atoms with Crippen molar-refractivity contribution in [2.24, 2.45) is 5.73 Å². The molecule has 1 aromatic carbocycles. The molecular weight excluding hydrogens is 236 g/mol. The van der Waals surface area contributed by atoms with E-state index < -0.39 is 10.0 Å². The summed E-state index contributed by atoms with van der Waals surface area (Å²) in [6.45, 7) is 4.26. The molecule has 0 bridgehead atoms. The van der Waals surface area contributed by atoms with E-state index in [9.17, 15) is 8.42 Å². The molecule has 0 heterocycles. The highest BCUT2D eigenvalue weighted by Crippen LogP contribution is 2.17. The lowest BCUT2D eigenvalue weighted by Gasteiger charge is -2.21. The maximum atomic E-state index is 12.1. The highest BCUT2D eigenvalue weighted by molar-refractivity contribution is 7.89. The molecule has 5 heteroatoms. The fourth-order valence-corrected chi connectivity index (χ4v) is 2.81. The van der Waals surface area contributed by atoms with Crippen LogP contribution in [0.5, 0.6) is 0 Å². The third kappa shape index (κ3) is 3.28. The number of nitrogens with two attached hydrogens (primary N) is 1. The van der Waals surface area contributed by atoms with Crippen molar-refractivity contribution >= 4 is 10.0 Å². The van der Waals surface area contributed by atoms with Crippen LogP contribution in [0.4, 0.5) is 0 Å². The molecule has 0 fully saturated rings. The van der Waals surface area contributed by atoms with Crippen LogP contribution in [0.1, 0.15) is 19.4 Å². The van der Waals surface area contributed by atoms with Gasteiger partial charge in [-0.1, -0.05) is 12.1 Å². The van der Waals surface area contributed by atoms with Gasteiger partial charge < -0.3 is 5.73 Å². The number of benzene rings is 1. The van der Waals surface area contributed by atoms with Crippen molar-refractivity contribution in [3.8, 4) is 0 Å². The Bertz CT molecular complexity index is 452. The third-order valence-corrected chi connectivity index (χ3v) is 4.81. The topological polar surface area (TPSA) is 63.4 Å². The summed E-state index contributed by atoms with van der Waals surface area (Å²) in [7, 11) is -1.78. The van der Waals surface area contributed by atoms with Crippen molar-refractivity contribution in [3.63, 3.8) is 0 Å². The number of hydrogen-bond donors (Lipinski definition) is 1. The van der Waals surface area contributed by atoms with Gasteiger partial charge >= 0.3 is 0 Å². The van der Waals surface area contributed by atoms with Gasteiger partial charge in [0, 0.05) is 13.1 Å². The maximum absolute atomic E-state index is 12.1. The predicted molar refractivity (Wildman–Crippen MR) is 69.3 cm³/mol. The van der Waals surface area contributed by atoms with Gasteiger partial charge in [-0.2, -0.15) is 4.31 Å². The minimum atomic E-state index is -3.37. The number of sulfonamides is 1. The van der Waals surface area contributed by atoms with Crippen molar-refractivity contribution in [1.29, 1.82) is 0 Å². The molecule has 17 heavy (non-hydrogen) atoms. The van der Waals surface area contributed by atoms with Gasteiger partial charge in [0.1, 0.15) is 0 Å². The second-order valence-electron chi connectivity index (χ2n) is 4.30. The lowest BCUT2D eigenvalue weighted by Crippen LogP contribution is -2.33. The van der Waals surface area contributed by atoms with Crippen molar-refractivity contribution in [1.82, 2.24) is 4.31 Å². The number of rotatable bonds is 5. The average Bonchev–Trinajstić information content (AvgIpc) is 2.29. The van der Waals surface area contributed by atoms with Gasteiger partial charge in [0.2, 0.25) is 10.0 Å². The molecule has 0 spiro atoms. The largest absolute Gasteiger partial charge is 0.330 e. The Hall–Kier alpha value is -0.910. The van der Waals surface area contributed by atoms with Crippen LogP contribution in [0.3, 0.4) is 0 Å². The van der Waals surface area contributed by atoms with Gasteiger partial charge in [0.15, 0.2) is 0 Å². The van der Waals surface area contributed by atoms with E-state index in [1.807, 2.05) is 26.0 Å². The second kappa shape index (κ2) is 5.62. The molecule has 0 aromatic heterocycles. The van der Waals surface area contributed by atoms with Crippen LogP contribution in [0, 0.1) is 0 Å². The lowest BCUT2D eigenvalue weighted by atomic mass is 10.2. The first-order chi connectivity index (χ1) is 7.89. The van der Waals surface area contributed by atoms with E-state index in [1.165, 1.54) is 4.31 Å². The highest BCUT2D eigenvalue weighted by atomic mass is 32.2. The van der Waals surface area contributed by atoms with Crippen molar-refractivity contribution in [2.75, 3.05) is 13.6 Å². The van der Waals surface area contributed by atoms with Crippen LogP contribution < -0.4 is 5.73 Å². The highest BCUT2D eigenvalue weighted by Gasteiger charge is 2.22. The molecular formula is C12H20N2O2S. The number of hydrogen-bond acceptors (Lipinski definition) is 3. The Labute approximate surface area is 103 Å². The van der Waals surface area contributed by atoms with Gasteiger partial charge in [-0.3, -0.25) is 0 Å². The van der Waals surface area contributed by atoms with Crippen LogP contribution in [0.2, 0.25) is 0 Å². The lowest BCUT2D eigenvalue weighted by molar-refractivity contribution is 0.410. The molecule has 96 valence electrons. The van der Waals surface area contributed by atoms with Gasteiger partial charge in [-0.15, -0.1) is 0 Å². The Morgan fingerprint density at radius 2 is 1.76 bits per heavy atom.